The van der Waals surface area contributed by atoms with Crippen molar-refractivity contribution < 1.29 is 19.4 Å². The number of nitrogens with one attached hydrogen (secondary N) is 1. The summed E-state index contributed by atoms with van der Waals surface area (Å²) in [6.45, 7) is 4.57. The predicted octanol–water partition coefficient (Wildman–Crippen LogP) is 1.20. The molecule has 1 rings (SSSR count). The minimum atomic E-state index is -0.555. The van der Waals surface area contributed by atoms with Gasteiger partial charge in [0.1, 0.15) is 5.75 Å². The standard InChI is InChI=1S/C15H23NO4/c1-11-4-5-12(2)14(8-11)20-10-15(18)16-7-6-13(17)9-19-3/h4-5,8,13,17H,6-7,9-10H2,1-3H3,(H,16,18). The van der Waals surface area contributed by atoms with Gasteiger partial charge in [-0.2, -0.15) is 0 Å². The molecule has 0 heterocycles. The van der Waals surface area contributed by atoms with Crippen LogP contribution in [0.3, 0.4) is 0 Å². The van der Waals surface area contributed by atoms with E-state index in [1.165, 1.54) is 7.11 Å². The Balaban J connectivity index is 2.28. The van der Waals surface area contributed by atoms with Crippen molar-refractivity contribution in [2.75, 3.05) is 26.9 Å². The molecule has 0 saturated carbocycles. The molecule has 1 amide bonds. The molecule has 0 fully saturated rings. The van der Waals surface area contributed by atoms with Crippen LogP contribution in [0, 0.1) is 13.8 Å². The summed E-state index contributed by atoms with van der Waals surface area (Å²) in [7, 11) is 1.53. The van der Waals surface area contributed by atoms with Gasteiger partial charge in [-0.05, 0) is 37.5 Å². The Labute approximate surface area is 119 Å². The molecule has 5 nitrogen and oxygen atoms in total. The summed E-state index contributed by atoms with van der Waals surface area (Å²) < 4.78 is 10.3. The number of aliphatic hydroxyl groups excluding tert-OH is 1. The SMILES string of the molecule is COCC(O)CCNC(=O)COc1cc(C)ccc1C. The van der Waals surface area contributed by atoms with E-state index in [4.69, 9.17) is 9.47 Å². The normalized spacial score (nSPS) is 12.0. The summed E-state index contributed by atoms with van der Waals surface area (Å²) in [6, 6.07) is 5.87. The van der Waals surface area contributed by atoms with Gasteiger partial charge in [0.2, 0.25) is 0 Å². The Morgan fingerprint density at radius 3 is 2.85 bits per heavy atom. The van der Waals surface area contributed by atoms with E-state index in [1.54, 1.807) is 0 Å². The third kappa shape index (κ3) is 6.04. The van der Waals surface area contributed by atoms with E-state index >= 15 is 0 Å². The van der Waals surface area contributed by atoms with Crippen LogP contribution in [-0.4, -0.2) is 44.0 Å². The lowest BCUT2D eigenvalue weighted by molar-refractivity contribution is -0.123. The van der Waals surface area contributed by atoms with Gasteiger partial charge >= 0.3 is 0 Å². The van der Waals surface area contributed by atoms with Crippen LogP contribution in [0.2, 0.25) is 0 Å². The van der Waals surface area contributed by atoms with Crippen molar-refractivity contribution in [3.8, 4) is 5.75 Å². The van der Waals surface area contributed by atoms with Crippen LogP contribution in [0.4, 0.5) is 0 Å². The first-order valence-corrected chi connectivity index (χ1v) is 6.66. The first kappa shape index (κ1) is 16.5. The van der Waals surface area contributed by atoms with Gasteiger partial charge in [0.15, 0.2) is 6.61 Å². The fourth-order valence-electron chi connectivity index (χ4n) is 1.71. The third-order valence-corrected chi connectivity index (χ3v) is 2.86. The third-order valence-electron chi connectivity index (χ3n) is 2.86. The van der Waals surface area contributed by atoms with Crippen molar-refractivity contribution in [3.63, 3.8) is 0 Å². The molecule has 1 aromatic rings. The van der Waals surface area contributed by atoms with Crippen molar-refractivity contribution in [1.82, 2.24) is 5.32 Å². The maximum absolute atomic E-state index is 11.6. The number of carbonyl (C=O) groups is 1. The Bertz CT molecular complexity index is 434. The van der Waals surface area contributed by atoms with Gasteiger partial charge in [0, 0.05) is 13.7 Å². The second-order valence-corrected chi connectivity index (χ2v) is 4.81. The minimum Gasteiger partial charge on any atom is -0.483 e. The lowest BCUT2D eigenvalue weighted by Gasteiger charge is -2.12. The first-order chi connectivity index (χ1) is 9.52. The highest BCUT2D eigenvalue weighted by Gasteiger charge is 2.07. The zero-order valence-electron chi connectivity index (χ0n) is 12.3. The van der Waals surface area contributed by atoms with Crippen LogP contribution >= 0.6 is 0 Å². The molecule has 20 heavy (non-hydrogen) atoms. The van der Waals surface area contributed by atoms with Crippen LogP contribution in [0.25, 0.3) is 0 Å². The molecule has 5 heteroatoms. The Kier molecular flexibility index (Phi) is 7.04. The van der Waals surface area contributed by atoms with Gasteiger partial charge in [0.25, 0.3) is 5.91 Å². The van der Waals surface area contributed by atoms with E-state index < -0.39 is 6.10 Å². The Morgan fingerprint density at radius 2 is 2.15 bits per heavy atom. The average Bonchev–Trinajstić information content (AvgIpc) is 2.40. The molecule has 0 aliphatic carbocycles. The summed E-state index contributed by atoms with van der Waals surface area (Å²) in [4.78, 5) is 11.6. The van der Waals surface area contributed by atoms with Gasteiger partial charge in [-0.1, -0.05) is 12.1 Å². The van der Waals surface area contributed by atoms with Crippen molar-refractivity contribution in [2.24, 2.45) is 0 Å². The van der Waals surface area contributed by atoms with Crippen molar-refractivity contribution in [3.05, 3.63) is 29.3 Å². The molecule has 1 atom stereocenters. The molecule has 112 valence electrons. The number of aliphatic hydroxyl groups is 1. The lowest BCUT2D eigenvalue weighted by Crippen LogP contribution is -2.32. The van der Waals surface area contributed by atoms with Crippen LogP contribution in [0.15, 0.2) is 18.2 Å². The number of carbonyl (C=O) groups excluding carboxylic acids is 1. The largest absolute Gasteiger partial charge is 0.483 e. The van der Waals surface area contributed by atoms with E-state index in [1.807, 2.05) is 32.0 Å². The number of hydrogen-bond donors (Lipinski definition) is 2. The molecule has 2 N–H and O–H groups in total. The number of rotatable bonds is 8. The average molecular weight is 281 g/mol. The van der Waals surface area contributed by atoms with E-state index in [0.717, 1.165) is 16.9 Å². The number of methoxy groups -OCH3 is 1. The number of ether oxygens (including phenoxy) is 2. The smallest absolute Gasteiger partial charge is 0.257 e. The molecule has 1 unspecified atom stereocenters. The molecule has 1 aromatic carbocycles. The highest BCUT2D eigenvalue weighted by molar-refractivity contribution is 5.77. The summed E-state index contributed by atoms with van der Waals surface area (Å²) in [5.74, 6) is 0.523. The molecule has 0 aliphatic rings. The molecular formula is C15H23NO4. The van der Waals surface area contributed by atoms with Crippen LogP contribution in [-0.2, 0) is 9.53 Å². The lowest BCUT2D eigenvalue weighted by atomic mass is 10.1. The quantitative estimate of drug-likeness (QED) is 0.751. The second-order valence-electron chi connectivity index (χ2n) is 4.81. The first-order valence-electron chi connectivity index (χ1n) is 6.66. The van der Waals surface area contributed by atoms with E-state index in [9.17, 15) is 9.90 Å². The molecular weight excluding hydrogens is 258 g/mol. The predicted molar refractivity (Wildman–Crippen MR) is 76.9 cm³/mol. The number of aryl methyl sites for hydroxylation is 2. The maximum Gasteiger partial charge on any atom is 0.257 e. The number of amides is 1. The highest BCUT2D eigenvalue weighted by atomic mass is 16.5. The van der Waals surface area contributed by atoms with Gasteiger partial charge in [-0.3, -0.25) is 4.79 Å². The molecule has 0 saturated heterocycles. The van der Waals surface area contributed by atoms with Crippen molar-refractivity contribution in [2.45, 2.75) is 26.4 Å². The number of hydrogen-bond acceptors (Lipinski definition) is 4. The van der Waals surface area contributed by atoms with Gasteiger partial charge in [-0.25, -0.2) is 0 Å². The maximum atomic E-state index is 11.6. The summed E-state index contributed by atoms with van der Waals surface area (Å²) in [6.07, 6.45) is -0.0940. The van der Waals surface area contributed by atoms with Crippen molar-refractivity contribution >= 4 is 5.91 Å². The summed E-state index contributed by atoms with van der Waals surface area (Å²) in [5.41, 5.74) is 2.09. The Hall–Kier alpha value is -1.59. The van der Waals surface area contributed by atoms with E-state index in [0.29, 0.717) is 13.0 Å². The van der Waals surface area contributed by atoms with E-state index in [2.05, 4.69) is 5.32 Å². The molecule has 0 aliphatic heterocycles. The van der Waals surface area contributed by atoms with Gasteiger partial charge < -0.3 is 19.9 Å². The number of benzene rings is 1. The molecule has 0 aromatic heterocycles. The second kappa shape index (κ2) is 8.55. The highest BCUT2D eigenvalue weighted by Crippen LogP contribution is 2.18. The summed E-state index contributed by atoms with van der Waals surface area (Å²) >= 11 is 0. The molecule has 0 spiro atoms. The fraction of sp³-hybridized carbons (Fsp3) is 0.533. The Morgan fingerprint density at radius 1 is 1.40 bits per heavy atom. The molecule has 0 radical (unpaired) electrons. The van der Waals surface area contributed by atoms with Crippen LogP contribution in [0.5, 0.6) is 5.75 Å². The van der Waals surface area contributed by atoms with Gasteiger partial charge in [0.05, 0.1) is 12.7 Å². The zero-order valence-corrected chi connectivity index (χ0v) is 12.3. The minimum absolute atomic E-state index is 0.0231. The summed E-state index contributed by atoms with van der Waals surface area (Å²) in [5, 5.41) is 12.1. The monoisotopic (exact) mass is 281 g/mol. The topological polar surface area (TPSA) is 67.8 Å². The fourth-order valence-corrected chi connectivity index (χ4v) is 1.71. The molecule has 0 bridgehead atoms. The van der Waals surface area contributed by atoms with Gasteiger partial charge in [-0.15, -0.1) is 0 Å². The van der Waals surface area contributed by atoms with Crippen LogP contribution in [0.1, 0.15) is 17.5 Å². The van der Waals surface area contributed by atoms with Crippen molar-refractivity contribution in [1.29, 1.82) is 0 Å². The van der Waals surface area contributed by atoms with E-state index in [-0.39, 0.29) is 19.1 Å². The van der Waals surface area contributed by atoms with Crippen LogP contribution < -0.4 is 10.1 Å². The zero-order chi connectivity index (χ0) is 15.0.